The van der Waals surface area contributed by atoms with Crippen LogP contribution in [0.3, 0.4) is 0 Å². The van der Waals surface area contributed by atoms with Crippen molar-refractivity contribution in [2.75, 3.05) is 26.7 Å². The number of hydrogen-bond acceptors (Lipinski definition) is 5. The zero-order valence-corrected chi connectivity index (χ0v) is 11.3. The van der Waals surface area contributed by atoms with Crippen LogP contribution in [0.5, 0.6) is 0 Å². The Balaban J connectivity index is 1.99. The summed E-state index contributed by atoms with van der Waals surface area (Å²) >= 11 is 1.27. The van der Waals surface area contributed by atoms with Crippen molar-refractivity contribution in [3.05, 3.63) is 15.6 Å². The zero-order chi connectivity index (χ0) is 13.0. The van der Waals surface area contributed by atoms with E-state index in [0.29, 0.717) is 10.6 Å². The largest absolute Gasteiger partial charge is 0.477 e. The number of carboxylic acids is 1. The van der Waals surface area contributed by atoms with Crippen LogP contribution in [0.25, 0.3) is 0 Å². The summed E-state index contributed by atoms with van der Waals surface area (Å²) in [6, 6.07) is 0. The Bertz CT molecular complexity index is 413. The second-order valence-electron chi connectivity index (χ2n) is 4.42. The highest BCUT2D eigenvalue weighted by molar-refractivity contribution is 7.13. The molecule has 100 valence electrons. The maximum atomic E-state index is 11.1. The van der Waals surface area contributed by atoms with E-state index in [-0.39, 0.29) is 6.61 Å². The summed E-state index contributed by atoms with van der Waals surface area (Å²) in [5, 5.41) is 9.98. The monoisotopic (exact) mass is 270 g/mol. The number of rotatable bonds is 6. The molecule has 1 saturated heterocycles. The van der Waals surface area contributed by atoms with Crippen LogP contribution in [0.4, 0.5) is 0 Å². The third-order valence-corrected chi connectivity index (χ3v) is 4.20. The van der Waals surface area contributed by atoms with Crippen LogP contribution in [0.15, 0.2) is 0 Å². The first kappa shape index (κ1) is 13.5. The van der Waals surface area contributed by atoms with E-state index in [1.807, 2.05) is 0 Å². The van der Waals surface area contributed by atoms with Crippen LogP contribution in [-0.4, -0.2) is 47.7 Å². The normalized spacial score (nSPS) is 16.3. The molecule has 0 amide bonds. The van der Waals surface area contributed by atoms with E-state index in [9.17, 15) is 4.79 Å². The van der Waals surface area contributed by atoms with Crippen LogP contribution in [-0.2, 0) is 17.8 Å². The van der Waals surface area contributed by atoms with Crippen LogP contribution in [0, 0.1) is 0 Å². The van der Waals surface area contributed by atoms with Crippen LogP contribution in [0.2, 0.25) is 0 Å². The van der Waals surface area contributed by atoms with Crippen molar-refractivity contribution in [1.29, 1.82) is 0 Å². The molecule has 0 bridgehead atoms. The number of carboxylic acid groups (broad SMARTS) is 1. The maximum Gasteiger partial charge on any atom is 0.347 e. The van der Waals surface area contributed by atoms with Gasteiger partial charge in [0.2, 0.25) is 0 Å². The molecular weight excluding hydrogens is 252 g/mol. The first-order chi connectivity index (χ1) is 8.70. The maximum absolute atomic E-state index is 11.1. The molecule has 5 nitrogen and oxygen atoms in total. The van der Waals surface area contributed by atoms with Crippen LogP contribution in [0.1, 0.15) is 33.2 Å². The summed E-state index contributed by atoms with van der Waals surface area (Å²) in [5.74, 6) is -0.910. The van der Waals surface area contributed by atoms with E-state index in [4.69, 9.17) is 9.84 Å². The summed E-state index contributed by atoms with van der Waals surface area (Å²) in [4.78, 5) is 18.2. The Kier molecular flexibility index (Phi) is 4.68. The lowest BCUT2D eigenvalue weighted by atomic mass is 10.3. The van der Waals surface area contributed by atoms with Gasteiger partial charge in [0.05, 0.1) is 17.3 Å². The molecule has 1 aliphatic heterocycles. The van der Waals surface area contributed by atoms with E-state index >= 15 is 0 Å². The molecule has 0 saturated carbocycles. The fraction of sp³-hybridized carbons (Fsp3) is 0.667. The number of aromatic nitrogens is 1. The van der Waals surface area contributed by atoms with Crippen molar-refractivity contribution in [2.45, 2.75) is 25.9 Å². The SMILES string of the molecule is COCc1nc(CCN2CCCC2)sc1C(=O)O. The standard InChI is InChI=1S/C12H18N2O3S/c1-17-8-9-11(12(15)16)18-10(13-9)4-7-14-5-2-3-6-14/h2-8H2,1H3,(H,15,16). The van der Waals surface area contributed by atoms with Crippen molar-refractivity contribution in [2.24, 2.45) is 0 Å². The number of aromatic carboxylic acids is 1. The molecular formula is C12H18N2O3S. The summed E-state index contributed by atoms with van der Waals surface area (Å²) in [6.45, 7) is 3.55. The van der Waals surface area contributed by atoms with Gasteiger partial charge in [0.1, 0.15) is 4.88 Å². The molecule has 0 radical (unpaired) electrons. The van der Waals surface area contributed by atoms with Crippen molar-refractivity contribution in [3.8, 4) is 0 Å². The lowest BCUT2D eigenvalue weighted by Crippen LogP contribution is -2.21. The number of methoxy groups -OCH3 is 1. The van der Waals surface area contributed by atoms with Gasteiger partial charge in [-0.3, -0.25) is 0 Å². The average molecular weight is 270 g/mol. The smallest absolute Gasteiger partial charge is 0.347 e. The van der Waals surface area contributed by atoms with E-state index in [1.165, 1.54) is 24.2 Å². The third-order valence-electron chi connectivity index (χ3n) is 3.06. The molecule has 0 spiro atoms. The molecule has 2 heterocycles. The van der Waals surface area contributed by atoms with Gasteiger partial charge >= 0.3 is 5.97 Å². The van der Waals surface area contributed by atoms with Gasteiger partial charge in [-0.2, -0.15) is 0 Å². The van der Waals surface area contributed by atoms with Crippen molar-refractivity contribution < 1.29 is 14.6 Å². The Labute approximate surface area is 110 Å². The number of thiazole rings is 1. The minimum atomic E-state index is -0.910. The molecule has 2 rings (SSSR count). The van der Waals surface area contributed by atoms with Gasteiger partial charge < -0.3 is 14.7 Å². The molecule has 1 aromatic heterocycles. The summed E-state index contributed by atoms with van der Waals surface area (Å²) < 4.78 is 4.98. The van der Waals surface area contributed by atoms with Gasteiger partial charge in [-0.05, 0) is 25.9 Å². The molecule has 18 heavy (non-hydrogen) atoms. The van der Waals surface area contributed by atoms with Crippen molar-refractivity contribution in [1.82, 2.24) is 9.88 Å². The minimum Gasteiger partial charge on any atom is -0.477 e. The molecule has 1 fully saturated rings. The van der Waals surface area contributed by atoms with Gasteiger partial charge in [-0.25, -0.2) is 9.78 Å². The van der Waals surface area contributed by atoms with E-state index in [2.05, 4.69) is 9.88 Å². The lowest BCUT2D eigenvalue weighted by molar-refractivity contribution is 0.0697. The molecule has 0 unspecified atom stereocenters. The number of carbonyl (C=O) groups is 1. The molecule has 1 aromatic rings. The first-order valence-corrected chi connectivity index (χ1v) is 6.95. The van der Waals surface area contributed by atoms with Gasteiger partial charge in [-0.1, -0.05) is 0 Å². The van der Waals surface area contributed by atoms with Gasteiger partial charge in [0.15, 0.2) is 0 Å². The highest BCUT2D eigenvalue weighted by Gasteiger charge is 2.18. The van der Waals surface area contributed by atoms with Crippen molar-refractivity contribution >= 4 is 17.3 Å². The van der Waals surface area contributed by atoms with E-state index in [0.717, 1.165) is 31.1 Å². The highest BCUT2D eigenvalue weighted by Crippen LogP contribution is 2.20. The Morgan fingerprint density at radius 1 is 1.50 bits per heavy atom. The van der Waals surface area contributed by atoms with Gasteiger partial charge in [0, 0.05) is 20.1 Å². The van der Waals surface area contributed by atoms with Crippen molar-refractivity contribution in [3.63, 3.8) is 0 Å². The second-order valence-corrected chi connectivity index (χ2v) is 5.50. The fourth-order valence-corrected chi connectivity index (χ4v) is 3.06. The van der Waals surface area contributed by atoms with Crippen LogP contribution >= 0.6 is 11.3 Å². The quantitative estimate of drug-likeness (QED) is 0.851. The fourth-order valence-electron chi connectivity index (χ4n) is 2.17. The predicted molar refractivity (Wildman–Crippen MR) is 69.2 cm³/mol. The average Bonchev–Trinajstić information content (AvgIpc) is 2.95. The number of likely N-dealkylation sites (tertiary alicyclic amines) is 1. The second kappa shape index (κ2) is 6.26. The Morgan fingerprint density at radius 3 is 2.83 bits per heavy atom. The molecule has 1 aliphatic rings. The van der Waals surface area contributed by atoms with E-state index in [1.54, 1.807) is 7.11 Å². The molecule has 0 aliphatic carbocycles. The Hall–Kier alpha value is -0.980. The van der Waals surface area contributed by atoms with E-state index < -0.39 is 5.97 Å². The molecule has 1 N–H and O–H groups in total. The van der Waals surface area contributed by atoms with Crippen LogP contribution < -0.4 is 0 Å². The first-order valence-electron chi connectivity index (χ1n) is 6.14. The summed E-state index contributed by atoms with van der Waals surface area (Å²) in [7, 11) is 1.55. The molecule has 0 atom stereocenters. The Morgan fingerprint density at radius 2 is 2.22 bits per heavy atom. The number of ether oxygens (including phenoxy) is 1. The summed E-state index contributed by atoms with van der Waals surface area (Å²) in [5.41, 5.74) is 0.548. The minimum absolute atomic E-state index is 0.266. The predicted octanol–water partition coefficient (Wildman–Crippen LogP) is 1.63. The topological polar surface area (TPSA) is 62.7 Å². The number of hydrogen-bond donors (Lipinski definition) is 1. The third kappa shape index (κ3) is 3.28. The summed E-state index contributed by atoms with van der Waals surface area (Å²) in [6.07, 6.45) is 3.37. The highest BCUT2D eigenvalue weighted by atomic mass is 32.1. The zero-order valence-electron chi connectivity index (χ0n) is 10.5. The van der Waals surface area contributed by atoms with Gasteiger partial charge in [0.25, 0.3) is 0 Å². The molecule has 6 heteroatoms. The lowest BCUT2D eigenvalue weighted by Gasteiger charge is -2.12. The number of nitrogens with zero attached hydrogens (tertiary/aromatic N) is 2. The van der Waals surface area contributed by atoms with Gasteiger partial charge in [-0.15, -0.1) is 11.3 Å². The molecule has 0 aromatic carbocycles.